The van der Waals surface area contributed by atoms with Gasteiger partial charge in [-0.15, -0.1) is 0 Å². The molecule has 0 aromatic rings. The van der Waals surface area contributed by atoms with Crippen LogP contribution in [0, 0.1) is 0 Å². The third-order valence-electron chi connectivity index (χ3n) is 1.12. The topological polar surface area (TPSA) is 58.2 Å². The summed E-state index contributed by atoms with van der Waals surface area (Å²) in [4.78, 5) is 21.0. The molecule has 2 amide bonds. The van der Waals surface area contributed by atoms with Crippen LogP contribution in [0.4, 0.5) is 13.2 Å². The average molecular weight is 212 g/mol. The van der Waals surface area contributed by atoms with E-state index in [-0.39, 0.29) is 6.04 Å². The second-order valence-electron chi connectivity index (χ2n) is 2.90. The summed E-state index contributed by atoms with van der Waals surface area (Å²) in [5, 5.41) is 3.78. The Bertz CT molecular complexity index is 225. The standard InChI is InChI=1S/C7H11F3N2O2/c1-4(2)12-5(13)3-11-6(14)7(8,9)10/h4H,3H2,1-2H3,(H,11,14)(H,12,13). The van der Waals surface area contributed by atoms with Crippen molar-refractivity contribution in [3.63, 3.8) is 0 Å². The highest BCUT2D eigenvalue weighted by molar-refractivity contribution is 5.87. The molecule has 0 heterocycles. The van der Waals surface area contributed by atoms with Gasteiger partial charge in [0.15, 0.2) is 0 Å². The van der Waals surface area contributed by atoms with Crippen LogP contribution in [-0.4, -0.2) is 30.6 Å². The highest BCUT2D eigenvalue weighted by Gasteiger charge is 2.38. The highest BCUT2D eigenvalue weighted by Crippen LogP contribution is 2.13. The molecule has 0 aromatic heterocycles. The van der Waals surface area contributed by atoms with Gasteiger partial charge in [0.2, 0.25) is 5.91 Å². The predicted molar refractivity (Wildman–Crippen MR) is 42.3 cm³/mol. The first-order valence-electron chi connectivity index (χ1n) is 3.88. The van der Waals surface area contributed by atoms with E-state index in [1.807, 2.05) is 0 Å². The third-order valence-corrected chi connectivity index (χ3v) is 1.12. The summed E-state index contributed by atoms with van der Waals surface area (Å²) in [5.74, 6) is -2.77. The summed E-state index contributed by atoms with van der Waals surface area (Å²) < 4.78 is 34.9. The molecule has 0 radical (unpaired) electrons. The monoisotopic (exact) mass is 212 g/mol. The van der Waals surface area contributed by atoms with Gasteiger partial charge in [0.1, 0.15) is 0 Å². The molecule has 2 N–H and O–H groups in total. The summed E-state index contributed by atoms with van der Waals surface area (Å²) in [6.07, 6.45) is -4.95. The lowest BCUT2D eigenvalue weighted by atomic mass is 10.4. The second-order valence-corrected chi connectivity index (χ2v) is 2.90. The number of halogens is 3. The first-order chi connectivity index (χ1) is 6.23. The van der Waals surface area contributed by atoms with E-state index in [0.717, 1.165) is 0 Å². The quantitative estimate of drug-likeness (QED) is 0.701. The predicted octanol–water partition coefficient (Wildman–Crippen LogP) is 0.189. The molecule has 0 saturated carbocycles. The van der Waals surface area contributed by atoms with Crippen LogP contribution in [0.5, 0.6) is 0 Å². The lowest BCUT2D eigenvalue weighted by Gasteiger charge is -2.10. The number of nitrogens with one attached hydrogen (secondary N) is 2. The Hall–Kier alpha value is -1.27. The fraction of sp³-hybridized carbons (Fsp3) is 0.714. The van der Waals surface area contributed by atoms with E-state index in [2.05, 4.69) is 5.32 Å². The van der Waals surface area contributed by atoms with Crippen molar-refractivity contribution in [3.05, 3.63) is 0 Å². The Balaban J connectivity index is 3.84. The Morgan fingerprint density at radius 2 is 1.79 bits per heavy atom. The molecule has 0 rings (SSSR count). The molecule has 14 heavy (non-hydrogen) atoms. The maximum atomic E-state index is 11.6. The number of alkyl halides is 3. The molecule has 0 saturated heterocycles. The van der Waals surface area contributed by atoms with Gasteiger partial charge in [0.25, 0.3) is 0 Å². The van der Waals surface area contributed by atoms with Gasteiger partial charge in [-0.05, 0) is 13.8 Å². The van der Waals surface area contributed by atoms with Crippen molar-refractivity contribution < 1.29 is 22.8 Å². The molecule has 0 spiro atoms. The SMILES string of the molecule is CC(C)NC(=O)CNC(=O)C(F)(F)F. The van der Waals surface area contributed by atoms with Crippen molar-refractivity contribution in [2.75, 3.05) is 6.54 Å². The number of hydrogen-bond donors (Lipinski definition) is 2. The maximum Gasteiger partial charge on any atom is 0.471 e. The zero-order valence-corrected chi connectivity index (χ0v) is 7.73. The van der Waals surface area contributed by atoms with Crippen molar-refractivity contribution in [3.8, 4) is 0 Å². The average Bonchev–Trinajstić information content (AvgIpc) is 1.96. The molecule has 0 aliphatic heterocycles. The van der Waals surface area contributed by atoms with Gasteiger partial charge in [-0.2, -0.15) is 13.2 Å². The van der Waals surface area contributed by atoms with E-state index in [4.69, 9.17) is 0 Å². The minimum atomic E-state index is -4.95. The van der Waals surface area contributed by atoms with E-state index < -0.39 is 24.5 Å². The number of carbonyl (C=O) groups excluding carboxylic acids is 2. The largest absolute Gasteiger partial charge is 0.471 e. The van der Waals surface area contributed by atoms with Crippen molar-refractivity contribution in [2.24, 2.45) is 0 Å². The third kappa shape index (κ3) is 5.39. The van der Waals surface area contributed by atoms with Crippen molar-refractivity contribution in [1.82, 2.24) is 10.6 Å². The summed E-state index contributed by atoms with van der Waals surface area (Å²) >= 11 is 0. The van der Waals surface area contributed by atoms with Gasteiger partial charge in [-0.1, -0.05) is 0 Å². The van der Waals surface area contributed by atoms with Gasteiger partial charge >= 0.3 is 12.1 Å². The highest BCUT2D eigenvalue weighted by atomic mass is 19.4. The summed E-state index contributed by atoms with van der Waals surface area (Å²) in [6.45, 7) is 2.64. The van der Waals surface area contributed by atoms with Gasteiger partial charge in [0, 0.05) is 6.04 Å². The molecule has 7 heteroatoms. The molecule has 0 fully saturated rings. The fourth-order valence-electron chi connectivity index (χ4n) is 0.634. The smallest absolute Gasteiger partial charge is 0.352 e. The number of carbonyl (C=O) groups is 2. The van der Waals surface area contributed by atoms with Crippen LogP contribution in [0.2, 0.25) is 0 Å². The number of amides is 2. The molecule has 0 atom stereocenters. The van der Waals surface area contributed by atoms with Crippen LogP contribution >= 0.6 is 0 Å². The zero-order chi connectivity index (χ0) is 11.4. The lowest BCUT2D eigenvalue weighted by Crippen LogP contribution is -2.44. The summed E-state index contributed by atoms with van der Waals surface area (Å²) in [6, 6.07) is -0.176. The van der Waals surface area contributed by atoms with E-state index in [0.29, 0.717) is 0 Å². The molecule has 0 aromatic carbocycles. The molecule has 0 aliphatic carbocycles. The Morgan fingerprint density at radius 1 is 1.29 bits per heavy atom. The first-order valence-corrected chi connectivity index (χ1v) is 3.88. The second kappa shape index (κ2) is 4.83. The summed E-state index contributed by atoms with van der Waals surface area (Å²) in [7, 11) is 0. The van der Waals surface area contributed by atoms with Gasteiger partial charge in [-0.3, -0.25) is 9.59 Å². The van der Waals surface area contributed by atoms with Crippen LogP contribution in [-0.2, 0) is 9.59 Å². The molecule has 0 unspecified atom stereocenters. The van der Waals surface area contributed by atoms with Crippen LogP contribution < -0.4 is 10.6 Å². The normalized spacial score (nSPS) is 11.3. The van der Waals surface area contributed by atoms with Gasteiger partial charge in [-0.25, -0.2) is 0 Å². The minimum absolute atomic E-state index is 0.176. The first kappa shape index (κ1) is 12.7. The van der Waals surface area contributed by atoms with Crippen molar-refractivity contribution in [1.29, 1.82) is 0 Å². The van der Waals surface area contributed by atoms with Gasteiger partial charge < -0.3 is 10.6 Å². The van der Waals surface area contributed by atoms with E-state index in [1.165, 1.54) is 5.32 Å². The van der Waals surface area contributed by atoms with E-state index in [9.17, 15) is 22.8 Å². The van der Waals surface area contributed by atoms with Crippen LogP contribution in [0.3, 0.4) is 0 Å². The zero-order valence-electron chi connectivity index (χ0n) is 7.73. The van der Waals surface area contributed by atoms with Crippen molar-refractivity contribution >= 4 is 11.8 Å². The van der Waals surface area contributed by atoms with E-state index in [1.54, 1.807) is 13.8 Å². The molecular formula is C7H11F3N2O2. The number of rotatable bonds is 3. The molecular weight excluding hydrogens is 201 g/mol. The molecule has 0 bridgehead atoms. The van der Waals surface area contributed by atoms with E-state index >= 15 is 0 Å². The summed E-state index contributed by atoms with van der Waals surface area (Å²) in [5.41, 5.74) is 0. The molecule has 0 aliphatic rings. The maximum absolute atomic E-state index is 11.6. The number of hydrogen-bond acceptors (Lipinski definition) is 2. The van der Waals surface area contributed by atoms with Crippen molar-refractivity contribution in [2.45, 2.75) is 26.1 Å². The van der Waals surface area contributed by atoms with Crippen LogP contribution in [0.25, 0.3) is 0 Å². The fourth-order valence-corrected chi connectivity index (χ4v) is 0.634. The molecule has 4 nitrogen and oxygen atoms in total. The Labute approximate surface area is 78.8 Å². The molecule has 82 valence electrons. The van der Waals surface area contributed by atoms with Crippen LogP contribution in [0.1, 0.15) is 13.8 Å². The lowest BCUT2D eigenvalue weighted by molar-refractivity contribution is -0.173. The van der Waals surface area contributed by atoms with Crippen LogP contribution in [0.15, 0.2) is 0 Å². The van der Waals surface area contributed by atoms with Gasteiger partial charge in [0.05, 0.1) is 6.54 Å². The Kier molecular flexibility index (Phi) is 4.39. The minimum Gasteiger partial charge on any atom is -0.352 e. The Morgan fingerprint density at radius 3 is 2.14 bits per heavy atom.